The number of hydrogen-bond acceptors (Lipinski definition) is 14. The van der Waals surface area contributed by atoms with E-state index in [-0.39, 0.29) is 61.8 Å². The van der Waals surface area contributed by atoms with Crippen molar-refractivity contribution in [1.82, 2.24) is 29.7 Å². The normalized spacial score (nSPS) is 18.1. The van der Waals surface area contributed by atoms with Crippen LogP contribution in [-0.2, 0) is 9.59 Å². The highest BCUT2D eigenvalue weighted by Gasteiger charge is 2.34. The molecule has 2 fully saturated rings. The third kappa shape index (κ3) is 10.8. The van der Waals surface area contributed by atoms with Crippen molar-refractivity contribution < 1.29 is 27.8 Å². The SMILES string of the molecule is C=C(C#N)C(=O)N1CC(F)CC(Nc2ncnc(N)c2-c2ccc(Oc3ccc(C=C(C#N)C(=O)N4CC(F)CC(Nc5ncnc(N)c5-c5ccc(Oc6ccccc6)cc5)C4)cc3)cc2)C1. The summed E-state index contributed by atoms with van der Waals surface area (Å²) < 4.78 is 42.1. The Balaban J connectivity index is 0.899. The first-order valence-corrected chi connectivity index (χ1v) is 21.5. The number of carbonyl (C=O) groups excluding carboxylic acids is 2. The van der Waals surface area contributed by atoms with Crippen LogP contribution in [0.25, 0.3) is 28.3 Å². The van der Waals surface area contributed by atoms with E-state index >= 15 is 4.39 Å². The molecule has 68 heavy (non-hydrogen) atoms. The van der Waals surface area contributed by atoms with Gasteiger partial charge >= 0.3 is 0 Å². The zero-order valence-corrected chi connectivity index (χ0v) is 36.4. The second-order valence-electron chi connectivity index (χ2n) is 16.1. The number of nitrogens with two attached hydrogens (primary N) is 2. The van der Waals surface area contributed by atoms with E-state index in [1.807, 2.05) is 48.5 Å². The van der Waals surface area contributed by atoms with E-state index in [1.165, 1.54) is 28.5 Å². The van der Waals surface area contributed by atoms with Crippen LogP contribution in [-0.4, -0.2) is 92.2 Å². The largest absolute Gasteiger partial charge is 0.457 e. The van der Waals surface area contributed by atoms with Gasteiger partial charge in [-0.15, -0.1) is 0 Å². The van der Waals surface area contributed by atoms with Gasteiger partial charge in [-0.05, 0) is 71.3 Å². The lowest BCUT2D eigenvalue weighted by molar-refractivity contribution is -0.129. The summed E-state index contributed by atoms with van der Waals surface area (Å²) in [6.07, 6.45) is 1.52. The van der Waals surface area contributed by atoms with Crippen LogP contribution >= 0.6 is 0 Å². The highest BCUT2D eigenvalue weighted by molar-refractivity contribution is 6.02. The van der Waals surface area contributed by atoms with Gasteiger partial charge in [-0.3, -0.25) is 9.59 Å². The number of nitriles is 2. The van der Waals surface area contributed by atoms with E-state index < -0.39 is 36.2 Å². The van der Waals surface area contributed by atoms with Gasteiger partial charge in [0.25, 0.3) is 11.8 Å². The summed E-state index contributed by atoms with van der Waals surface area (Å²) in [5.41, 5.74) is 15.1. The molecule has 2 saturated heterocycles. The number of likely N-dealkylation sites (tertiary alicyclic amines) is 2. The Morgan fingerprint density at radius 3 is 1.53 bits per heavy atom. The number of nitrogen functional groups attached to an aromatic ring is 2. The maximum atomic E-state index is 15.3. The first-order chi connectivity index (χ1) is 32.9. The van der Waals surface area contributed by atoms with Gasteiger partial charge in [0, 0.05) is 38.0 Å². The lowest BCUT2D eigenvalue weighted by Crippen LogP contribution is -2.50. The molecule has 0 radical (unpaired) electrons. The van der Waals surface area contributed by atoms with E-state index in [2.05, 4.69) is 37.1 Å². The molecule has 8 rings (SSSR count). The number of alkyl halides is 2. The predicted octanol–water partition coefficient (Wildman–Crippen LogP) is 7.74. The molecule has 6 N–H and O–H groups in total. The van der Waals surface area contributed by atoms with Gasteiger partial charge in [-0.25, -0.2) is 28.7 Å². The van der Waals surface area contributed by atoms with E-state index in [0.29, 0.717) is 62.5 Å². The zero-order valence-electron chi connectivity index (χ0n) is 36.4. The average Bonchev–Trinajstić information content (AvgIpc) is 3.34. The molecule has 2 aromatic heterocycles. The van der Waals surface area contributed by atoms with Crippen molar-refractivity contribution >= 4 is 41.2 Å². The fraction of sp³-hybridized carbons (Fsp3) is 0.200. The van der Waals surface area contributed by atoms with Gasteiger partial charge in [0.2, 0.25) is 0 Å². The molecule has 4 unspecified atom stereocenters. The first-order valence-electron chi connectivity index (χ1n) is 21.5. The number of nitrogens with one attached hydrogen (secondary N) is 2. The molecule has 0 spiro atoms. The Morgan fingerprint density at radius 1 is 0.632 bits per heavy atom. The summed E-state index contributed by atoms with van der Waals surface area (Å²) >= 11 is 0. The third-order valence-electron chi connectivity index (χ3n) is 11.2. The molecule has 6 aromatic rings. The molecule has 16 nitrogen and oxygen atoms in total. The van der Waals surface area contributed by atoms with Crippen molar-refractivity contribution in [3.05, 3.63) is 139 Å². The van der Waals surface area contributed by atoms with E-state index in [4.69, 9.17) is 26.2 Å². The molecule has 0 bridgehead atoms. The maximum absolute atomic E-state index is 15.3. The lowest BCUT2D eigenvalue weighted by Gasteiger charge is -2.35. The van der Waals surface area contributed by atoms with Gasteiger partial charge in [0.1, 0.15) is 94.6 Å². The first kappa shape index (κ1) is 45.7. The van der Waals surface area contributed by atoms with Crippen LogP contribution in [0.3, 0.4) is 0 Å². The smallest absolute Gasteiger partial charge is 0.264 e. The molecule has 18 heteroatoms. The monoisotopic (exact) mass is 914 g/mol. The molecule has 342 valence electrons. The van der Waals surface area contributed by atoms with Crippen molar-refractivity contribution in [2.24, 2.45) is 0 Å². The Hall–Kier alpha value is -8.90. The minimum atomic E-state index is -1.38. The highest BCUT2D eigenvalue weighted by Crippen LogP contribution is 2.36. The Bertz CT molecular complexity index is 2930. The number of aromatic nitrogens is 4. The molecule has 2 amide bonds. The Labute approximate surface area is 390 Å². The predicted molar refractivity (Wildman–Crippen MR) is 252 cm³/mol. The van der Waals surface area contributed by atoms with Crippen molar-refractivity contribution in [1.29, 1.82) is 10.5 Å². The summed E-state index contributed by atoms with van der Waals surface area (Å²) in [5.74, 6) is 2.09. The van der Waals surface area contributed by atoms with Crippen LogP contribution in [0.2, 0.25) is 0 Å². The van der Waals surface area contributed by atoms with Crippen LogP contribution in [0.4, 0.5) is 32.1 Å². The molecule has 4 atom stereocenters. The number of halogens is 2. The number of ether oxygens (including phenoxy) is 2. The Kier molecular flexibility index (Phi) is 13.8. The minimum absolute atomic E-state index is 0.0914. The van der Waals surface area contributed by atoms with Crippen LogP contribution in [0, 0.1) is 22.7 Å². The maximum Gasteiger partial charge on any atom is 0.264 e. The third-order valence-corrected chi connectivity index (χ3v) is 11.2. The fourth-order valence-corrected chi connectivity index (χ4v) is 8.08. The molecule has 0 aliphatic carbocycles. The topological polar surface area (TPSA) is 234 Å². The van der Waals surface area contributed by atoms with Crippen LogP contribution in [0.15, 0.2) is 134 Å². The van der Waals surface area contributed by atoms with Crippen molar-refractivity contribution in [2.75, 3.05) is 48.3 Å². The second kappa shape index (κ2) is 20.5. The van der Waals surface area contributed by atoms with Gasteiger partial charge in [0.15, 0.2) is 0 Å². The number of rotatable bonds is 13. The molecule has 0 saturated carbocycles. The van der Waals surface area contributed by atoms with Gasteiger partial charge in [0.05, 0.1) is 24.2 Å². The highest BCUT2D eigenvalue weighted by atomic mass is 19.1. The van der Waals surface area contributed by atoms with Gasteiger partial charge in [-0.2, -0.15) is 10.5 Å². The van der Waals surface area contributed by atoms with Crippen LogP contribution < -0.4 is 31.6 Å². The summed E-state index contributed by atoms with van der Waals surface area (Å²) in [5, 5.41) is 25.7. The molecular weight excluding hydrogens is 871 g/mol. The quantitative estimate of drug-likeness (QED) is 0.0641. The molecule has 4 heterocycles. The zero-order chi connectivity index (χ0) is 47.7. The minimum Gasteiger partial charge on any atom is -0.457 e. The Morgan fingerprint density at radius 2 is 1.07 bits per heavy atom. The van der Waals surface area contributed by atoms with E-state index in [1.54, 1.807) is 66.7 Å². The number of benzene rings is 4. The number of piperidine rings is 2. The summed E-state index contributed by atoms with van der Waals surface area (Å²) in [6, 6.07) is 32.9. The molecule has 2 aliphatic rings. The molecular formula is C50H44F2N12O4. The second-order valence-corrected chi connectivity index (χ2v) is 16.1. The van der Waals surface area contributed by atoms with Crippen LogP contribution in [0.5, 0.6) is 23.0 Å². The standard InChI is InChI=1S/C50H44F2N12O4/c1-30(22-53)49(65)63-24-35(51)20-37(26-63)61-47-43(45(55)57-28-59-47)33-11-17-42(18-12-33)68-40-13-7-31(8-14-40)19-34(23-54)50(66)64-25-36(52)21-38(27-64)62-48-44(46(56)58-29-60-48)32-9-15-41(16-10-32)67-39-5-3-2-4-6-39/h2-19,28-29,35-38H,1,20-21,24-27H2,(H3,55,57,59,61)(H3,56,58,60,62). The van der Waals surface area contributed by atoms with Gasteiger partial charge in [-0.1, -0.05) is 61.2 Å². The molecule has 4 aromatic carbocycles. The number of para-hydroxylation sites is 1. The summed E-state index contributed by atoms with van der Waals surface area (Å²) in [4.78, 5) is 46.0. The van der Waals surface area contributed by atoms with Crippen molar-refractivity contribution in [3.63, 3.8) is 0 Å². The fourth-order valence-electron chi connectivity index (χ4n) is 8.08. The van der Waals surface area contributed by atoms with Crippen molar-refractivity contribution in [2.45, 2.75) is 37.3 Å². The number of nitrogens with zero attached hydrogens (tertiary/aromatic N) is 8. The summed E-state index contributed by atoms with van der Waals surface area (Å²) in [7, 11) is 0. The molecule has 2 aliphatic heterocycles. The average molecular weight is 915 g/mol. The number of anilines is 4. The van der Waals surface area contributed by atoms with Crippen molar-refractivity contribution in [3.8, 4) is 57.4 Å². The van der Waals surface area contributed by atoms with Gasteiger partial charge < -0.3 is 41.4 Å². The summed E-state index contributed by atoms with van der Waals surface area (Å²) in [6.45, 7) is 3.36. The number of amides is 2. The lowest BCUT2D eigenvalue weighted by atomic mass is 10.0. The number of hydrogen-bond donors (Lipinski definition) is 4. The van der Waals surface area contributed by atoms with E-state index in [0.717, 1.165) is 0 Å². The van der Waals surface area contributed by atoms with E-state index in [9.17, 15) is 19.2 Å². The number of carbonyl (C=O) groups is 2. The van der Waals surface area contributed by atoms with Crippen LogP contribution in [0.1, 0.15) is 18.4 Å².